The molecule has 4 rings (SSSR count). The SMILES string of the molecule is O=C1c2cccc([N+](=O)[O-])c2C(=O)N1CC(=O)N(C1CCCCC1)C1CCCCC1. The molecule has 160 valence electrons. The molecule has 0 aromatic heterocycles. The molecular weight excluding hydrogens is 386 g/mol. The Morgan fingerprint density at radius 3 is 2.07 bits per heavy atom. The number of rotatable bonds is 5. The highest BCUT2D eigenvalue weighted by Crippen LogP contribution is 2.33. The van der Waals surface area contributed by atoms with Crippen LogP contribution < -0.4 is 0 Å². The van der Waals surface area contributed by atoms with Gasteiger partial charge in [0.2, 0.25) is 5.91 Å². The van der Waals surface area contributed by atoms with Gasteiger partial charge in [-0.15, -0.1) is 0 Å². The van der Waals surface area contributed by atoms with Gasteiger partial charge in [-0.2, -0.15) is 0 Å². The minimum atomic E-state index is -0.747. The predicted octanol–water partition coefficient (Wildman–Crippen LogP) is 3.68. The van der Waals surface area contributed by atoms with E-state index in [2.05, 4.69) is 0 Å². The average molecular weight is 413 g/mol. The van der Waals surface area contributed by atoms with Crippen LogP contribution >= 0.6 is 0 Å². The van der Waals surface area contributed by atoms with Gasteiger partial charge in [-0.3, -0.25) is 29.4 Å². The quantitative estimate of drug-likeness (QED) is 0.416. The first-order valence-electron chi connectivity index (χ1n) is 10.9. The number of carbonyl (C=O) groups excluding carboxylic acids is 3. The Bertz CT molecular complexity index is 854. The van der Waals surface area contributed by atoms with E-state index in [1.165, 1.54) is 31.0 Å². The number of carbonyl (C=O) groups is 3. The zero-order valence-corrected chi connectivity index (χ0v) is 17.0. The summed E-state index contributed by atoms with van der Waals surface area (Å²) >= 11 is 0. The van der Waals surface area contributed by atoms with Crippen LogP contribution in [0.25, 0.3) is 0 Å². The summed E-state index contributed by atoms with van der Waals surface area (Å²) in [4.78, 5) is 52.6. The maximum absolute atomic E-state index is 13.4. The van der Waals surface area contributed by atoms with E-state index in [0.717, 1.165) is 56.3 Å². The van der Waals surface area contributed by atoms with Gasteiger partial charge >= 0.3 is 0 Å². The fourth-order valence-corrected chi connectivity index (χ4v) is 5.25. The number of nitro groups is 1. The Morgan fingerprint density at radius 1 is 0.967 bits per heavy atom. The summed E-state index contributed by atoms with van der Waals surface area (Å²) in [7, 11) is 0. The number of imide groups is 1. The molecule has 1 heterocycles. The van der Waals surface area contributed by atoms with E-state index in [-0.39, 0.29) is 35.7 Å². The first kappa shape index (κ1) is 20.5. The highest BCUT2D eigenvalue weighted by Gasteiger charge is 2.43. The molecule has 30 heavy (non-hydrogen) atoms. The number of fused-ring (bicyclic) bond motifs is 1. The highest BCUT2D eigenvalue weighted by atomic mass is 16.6. The predicted molar refractivity (Wildman–Crippen MR) is 109 cm³/mol. The van der Waals surface area contributed by atoms with Gasteiger partial charge < -0.3 is 4.90 Å². The van der Waals surface area contributed by atoms with Crippen molar-refractivity contribution in [2.45, 2.75) is 76.3 Å². The van der Waals surface area contributed by atoms with Crippen LogP contribution in [0.5, 0.6) is 0 Å². The van der Waals surface area contributed by atoms with Crippen molar-refractivity contribution in [3.8, 4) is 0 Å². The summed E-state index contributed by atoms with van der Waals surface area (Å²) in [6.45, 7) is -0.351. The molecule has 0 unspecified atom stereocenters. The molecule has 2 saturated carbocycles. The zero-order chi connectivity index (χ0) is 21.3. The fraction of sp³-hybridized carbons (Fsp3) is 0.591. The standard InChI is InChI=1S/C22H27N3O5/c26-19(24(15-8-3-1-4-9-15)16-10-5-2-6-11-16)14-23-21(27)17-12-7-13-18(25(29)30)20(17)22(23)28/h7,12-13,15-16H,1-6,8-11,14H2. The Morgan fingerprint density at radius 2 is 1.53 bits per heavy atom. The van der Waals surface area contributed by atoms with Crippen molar-refractivity contribution >= 4 is 23.4 Å². The van der Waals surface area contributed by atoms with Crippen molar-refractivity contribution in [1.82, 2.24) is 9.80 Å². The van der Waals surface area contributed by atoms with Crippen LogP contribution in [0.4, 0.5) is 5.69 Å². The van der Waals surface area contributed by atoms with Gasteiger partial charge in [0.1, 0.15) is 12.1 Å². The molecule has 3 amide bonds. The van der Waals surface area contributed by atoms with Crippen LogP contribution in [0, 0.1) is 10.1 Å². The summed E-state index contributed by atoms with van der Waals surface area (Å²) in [5, 5.41) is 11.3. The molecule has 0 bridgehead atoms. The van der Waals surface area contributed by atoms with Gasteiger partial charge in [0, 0.05) is 18.2 Å². The van der Waals surface area contributed by atoms with E-state index in [1.807, 2.05) is 4.90 Å². The third-order valence-corrected chi connectivity index (χ3v) is 6.69. The minimum Gasteiger partial charge on any atom is -0.335 e. The summed E-state index contributed by atoms with van der Waals surface area (Å²) < 4.78 is 0. The zero-order valence-electron chi connectivity index (χ0n) is 17.0. The molecular formula is C22H27N3O5. The van der Waals surface area contributed by atoms with Gasteiger partial charge in [0.05, 0.1) is 10.5 Å². The number of nitro benzene ring substituents is 1. The van der Waals surface area contributed by atoms with Crippen molar-refractivity contribution in [1.29, 1.82) is 0 Å². The molecule has 0 atom stereocenters. The molecule has 0 N–H and O–H groups in total. The second-order valence-corrected chi connectivity index (χ2v) is 8.54. The molecule has 2 fully saturated rings. The van der Waals surface area contributed by atoms with E-state index in [9.17, 15) is 24.5 Å². The van der Waals surface area contributed by atoms with Crippen LogP contribution in [0.2, 0.25) is 0 Å². The van der Waals surface area contributed by atoms with Crippen molar-refractivity contribution in [3.63, 3.8) is 0 Å². The van der Waals surface area contributed by atoms with Crippen molar-refractivity contribution in [2.24, 2.45) is 0 Å². The molecule has 1 aromatic carbocycles. The minimum absolute atomic E-state index is 0.00360. The molecule has 8 heteroatoms. The topological polar surface area (TPSA) is 101 Å². The normalized spacial score (nSPS) is 20.3. The fourth-order valence-electron chi connectivity index (χ4n) is 5.25. The van der Waals surface area contributed by atoms with Crippen molar-refractivity contribution in [3.05, 3.63) is 39.4 Å². The number of hydrogen-bond donors (Lipinski definition) is 0. The molecule has 0 radical (unpaired) electrons. The van der Waals surface area contributed by atoms with Gasteiger partial charge in [0.25, 0.3) is 17.5 Å². The number of hydrogen-bond acceptors (Lipinski definition) is 5. The first-order chi connectivity index (χ1) is 14.5. The number of nitrogens with zero attached hydrogens (tertiary/aromatic N) is 3. The molecule has 2 aliphatic carbocycles. The summed E-state index contributed by atoms with van der Waals surface area (Å²) in [5.74, 6) is -1.59. The molecule has 0 saturated heterocycles. The van der Waals surface area contributed by atoms with E-state index in [0.29, 0.717) is 0 Å². The van der Waals surface area contributed by atoms with E-state index in [1.54, 1.807) is 0 Å². The third-order valence-electron chi connectivity index (χ3n) is 6.69. The molecule has 0 spiro atoms. The molecule has 8 nitrogen and oxygen atoms in total. The maximum atomic E-state index is 13.4. The lowest BCUT2D eigenvalue weighted by Gasteiger charge is -2.42. The van der Waals surface area contributed by atoms with Gasteiger partial charge in [-0.1, -0.05) is 44.6 Å². The first-order valence-corrected chi connectivity index (χ1v) is 10.9. The van der Waals surface area contributed by atoms with Gasteiger partial charge in [-0.25, -0.2) is 0 Å². The average Bonchev–Trinajstić information content (AvgIpc) is 3.00. The van der Waals surface area contributed by atoms with E-state index < -0.39 is 22.4 Å². The van der Waals surface area contributed by atoms with Crippen LogP contribution in [-0.2, 0) is 4.79 Å². The van der Waals surface area contributed by atoms with Crippen LogP contribution in [0.3, 0.4) is 0 Å². The number of amides is 3. The van der Waals surface area contributed by atoms with Crippen molar-refractivity contribution < 1.29 is 19.3 Å². The lowest BCUT2D eigenvalue weighted by molar-refractivity contribution is -0.385. The van der Waals surface area contributed by atoms with Crippen molar-refractivity contribution in [2.75, 3.05) is 6.54 Å². The summed E-state index contributed by atoms with van der Waals surface area (Å²) in [6, 6.07) is 4.32. The van der Waals surface area contributed by atoms with Crippen LogP contribution in [-0.4, -0.2) is 51.1 Å². The van der Waals surface area contributed by atoms with Crippen LogP contribution in [0.1, 0.15) is 84.9 Å². The van der Waals surface area contributed by atoms with E-state index in [4.69, 9.17) is 0 Å². The second kappa shape index (κ2) is 8.53. The Hall–Kier alpha value is -2.77. The second-order valence-electron chi connectivity index (χ2n) is 8.54. The largest absolute Gasteiger partial charge is 0.335 e. The lowest BCUT2D eigenvalue weighted by Crippen LogP contribution is -2.52. The highest BCUT2D eigenvalue weighted by molar-refractivity contribution is 6.24. The Kier molecular flexibility index (Phi) is 5.83. The summed E-state index contributed by atoms with van der Waals surface area (Å²) in [6.07, 6.45) is 10.5. The smallest absolute Gasteiger partial charge is 0.282 e. The maximum Gasteiger partial charge on any atom is 0.282 e. The number of benzene rings is 1. The van der Waals surface area contributed by atoms with E-state index >= 15 is 0 Å². The summed E-state index contributed by atoms with van der Waals surface area (Å²) in [5.41, 5.74) is -0.594. The monoisotopic (exact) mass is 413 g/mol. The molecule has 1 aliphatic heterocycles. The Labute approximate surface area is 175 Å². The third kappa shape index (κ3) is 3.70. The molecule has 1 aromatic rings. The van der Waals surface area contributed by atoms with Gasteiger partial charge in [0.15, 0.2) is 0 Å². The molecule has 3 aliphatic rings. The van der Waals surface area contributed by atoms with Gasteiger partial charge in [-0.05, 0) is 31.7 Å². The Balaban J connectivity index is 1.57. The lowest BCUT2D eigenvalue weighted by atomic mass is 9.88. The van der Waals surface area contributed by atoms with Crippen LogP contribution in [0.15, 0.2) is 18.2 Å².